The minimum Gasteiger partial charge on any atom is -0.366 e. The van der Waals surface area contributed by atoms with E-state index < -0.39 is 17.8 Å². The Kier molecular flexibility index (Phi) is 3.51. The first-order valence-corrected chi connectivity index (χ1v) is 5.39. The highest BCUT2D eigenvalue weighted by Crippen LogP contribution is 2.15. The number of rotatable bonds is 3. The van der Waals surface area contributed by atoms with Gasteiger partial charge in [-0.3, -0.25) is 9.59 Å². The molecule has 0 aliphatic rings. The molecule has 96 valence electrons. The number of halogens is 1. The number of aromatic nitrogens is 1. The first kappa shape index (κ1) is 12.7. The average molecular weight is 259 g/mol. The van der Waals surface area contributed by atoms with Crippen molar-refractivity contribution in [3.63, 3.8) is 0 Å². The van der Waals surface area contributed by atoms with Gasteiger partial charge in [-0.1, -0.05) is 12.1 Å². The third-order valence-electron chi connectivity index (χ3n) is 2.43. The maximum Gasteiger partial charge on any atom is 0.257 e. The van der Waals surface area contributed by atoms with Crippen LogP contribution in [0.15, 0.2) is 42.6 Å². The van der Waals surface area contributed by atoms with E-state index in [0.29, 0.717) is 5.69 Å². The van der Waals surface area contributed by atoms with Crippen molar-refractivity contribution in [1.29, 1.82) is 0 Å². The number of pyridine rings is 1. The molecule has 19 heavy (non-hydrogen) atoms. The van der Waals surface area contributed by atoms with Crippen molar-refractivity contribution in [2.75, 3.05) is 5.32 Å². The second kappa shape index (κ2) is 5.26. The third kappa shape index (κ3) is 2.92. The van der Waals surface area contributed by atoms with E-state index in [9.17, 15) is 14.0 Å². The largest absolute Gasteiger partial charge is 0.366 e. The van der Waals surface area contributed by atoms with E-state index >= 15 is 0 Å². The normalized spacial score (nSPS) is 9.95. The van der Waals surface area contributed by atoms with Crippen molar-refractivity contribution >= 4 is 17.5 Å². The third-order valence-corrected chi connectivity index (χ3v) is 2.43. The zero-order valence-corrected chi connectivity index (χ0v) is 9.76. The van der Waals surface area contributed by atoms with E-state index in [1.807, 2.05) is 0 Å². The van der Waals surface area contributed by atoms with E-state index in [0.717, 1.165) is 12.3 Å². The minimum atomic E-state index is -0.672. The van der Waals surface area contributed by atoms with Gasteiger partial charge in [0.1, 0.15) is 0 Å². The lowest BCUT2D eigenvalue weighted by molar-refractivity contribution is 0.100. The number of nitrogens with one attached hydrogen (secondary N) is 1. The molecule has 1 aromatic carbocycles. The Morgan fingerprint density at radius 1 is 1.16 bits per heavy atom. The Morgan fingerprint density at radius 2 is 1.89 bits per heavy atom. The van der Waals surface area contributed by atoms with Gasteiger partial charge in [-0.25, -0.2) is 4.98 Å². The molecule has 0 saturated heterocycles. The summed E-state index contributed by atoms with van der Waals surface area (Å²) in [5.74, 6) is -1.82. The first-order chi connectivity index (χ1) is 9.08. The Morgan fingerprint density at radius 3 is 2.53 bits per heavy atom. The number of amides is 2. The maximum absolute atomic E-state index is 12.6. The van der Waals surface area contributed by atoms with Crippen molar-refractivity contribution in [2.24, 2.45) is 5.73 Å². The van der Waals surface area contributed by atoms with Crippen molar-refractivity contribution in [1.82, 2.24) is 4.98 Å². The van der Waals surface area contributed by atoms with Gasteiger partial charge in [0.05, 0.1) is 16.8 Å². The number of benzene rings is 1. The van der Waals surface area contributed by atoms with Gasteiger partial charge in [0, 0.05) is 6.20 Å². The van der Waals surface area contributed by atoms with Gasteiger partial charge in [-0.2, -0.15) is 4.39 Å². The summed E-state index contributed by atoms with van der Waals surface area (Å²) in [5.41, 5.74) is 5.87. The van der Waals surface area contributed by atoms with Crippen LogP contribution in [-0.4, -0.2) is 16.8 Å². The highest BCUT2D eigenvalue weighted by Gasteiger charge is 2.11. The van der Waals surface area contributed by atoms with Crippen LogP contribution in [-0.2, 0) is 0 Å². The van der Waals surface area contributed by atoms with Gasteiger partial charge in [-0.05, 0) is 24.3 Å². The smallest absolute Gasteiger partial charge is 0.257 e. The fourth-order valence-corrected chi connectivity index (χ4v) is 1.51. The van der Waals surface area contributed by atoms with Crippen LogP contribution in [0.25, 0.3) is 0 Å². The van der Waals surface area contributed by atoms with Gasteiger partial charge >= 0.3 is 0 Å². The molecular weight excluding hydrogens is 249 g/mol. The van der Waals surface area contributed by atoms with Crippen LogP contribution in [0.5, 0.6) is 0 Å². The quantitative estimate of drug-likeness (QED) is 0.820. The molecule has 0 radical (unpaired) electrons. The van der Waals surface area contributed by atoms with Crippen LogP contribution < -0.4 is 11.1 Å². The number of para-hydroxylation sites is 1. The Balaban J connectivity index is 2.24. The van der Waals surface area contributed by atoms with Gasteiger partial charge in [0.15, 0.2) is 0 Å². The van der Waals surface area contributed by atoms with E-state index in [-0.39, 0.29) is 11.1 Å². The molecule has 5 nitrogen and oxygen atoms in total. The molecule has 1 aromatic heterocycles. The number of hydrogen-bond acceptors (Lipinski definition) is 3. The summed E-state index contributed by atoms with van der Waals surface area (Å²) in [4.78, 5) is 26.4. The molecule has 0 bridgehead atoms. The zero-order valence-electron chi connectivity index (χ0n) is 9.76. The van der Waals surface area contributed by atoms with Gasteiger partial charge in [0.25, 0.3) is 11.8 Å². The van der Waals surface area contributed by atoms with Gasteiger partial charge in [0.2, 0.25) is 5.95 Å². The molecule has 0 unspecified atom stereocenters. The molecule has 0 fully saturated rings. The van der Waals surface area contributed by atoms with Crippen molar-refractivity contribution < 1.29 is 14.0 Å². The molecule has 2 amide bonds. The van der Waals surface area contributed by atoms with E-state index in [1.165, 1.54) is 12.1 Å². The SMILES string of the molecule is NC(=O)c1ccccc1NC(=O)c1ccc(F)nc1. The molecule has 2 rings (SSSR count). The van der Waals surface area contributed by atoms with Gasteiger partial charge in [-0.15, -0.1) is 0 Å². The summed E-state index contributed by atoms with van der Waals surface area (Å²) in [6, 6.07) is 8.72. The highest BCUT2D eigenvalue weighted by molar-refractivity contribution is 6.08. The van der Waals surface area contributed by atoms with Crippen LogP contribution in [0.3, 0.4) is 0 Å². The Hall–Kier alpha value is -2.76. The van der Waals surface area contributed by atoms with Crippen LogP contribution in [0.2, 0.25) is 0 Å². The van der Waals surface area contributed by atoms with E-state index in [2.05, 4.69) is 10.3 Å². The number of carbonyl (C=O) groups is 2. The Labute approximate surface area is 108 Å². The molecule has 0 saturated carbocycles. The minimum absolute atomic E-state index is 0.181. The fraction of sp³-hybridized carbons (Fsp3) is 0. The molecule has 0 atom stereocenters. The van der Waals surface area contributed by atoms with Crippen LogP contribution in [0.4, 0.5) is 10.1 Å². The number of anilines is 1. The van der Waals surface area contributed by atoms with E-state index in [1.54, 1.807) is 18.2 Å². The molecule has 0 spiro atoms. The number of primary amides is 1. The van der Waals surface area contributed by atoms with Crippen molar-refractivity contribution in [3.05, 3.63) is 59.7 Å². The summed E-state index contributed by atoms with van der Waals surface area (Å²) in [5, 5.41) is 2.53. The van der Waals surface area contributed by atoms with Crippen molar-refractivity contribution in [3.8, 4) is 0 Å². The van der Waals surface area contributed by atoms with Crippen molar-refractivity contribution in [2.45, 2.75) is 0 Å². The Bertz CT molecular complexity index is 626. The topological polar surface area (TPSA) is 85.1 Å². The number of hydrogen-bond donors (Lipinski definition) is 2. The van der Waals surface area contributed by atoms with Crippen LogP contribution in [0.1, 0.15) is 20.7 Å². The summed E-state index contributed by atoms with van der Waals surface area (Å²) in [6.07, 6.45) is 1.11. The fourth-order valence-electron chi connectivity index (χ4n) is 1.51. The maximum atomic E-state index is 12.6. The summed E-state index contributed by atoms with van der Waals surface area (Å²) >= 11 is 0. The molecule has 6 heteroatoms. The van der Waals surface area contributed by atoms with Crippen LogP contribution >= 0.6 is 0 Å². The summed E-state index contributed by atoms with van der Waals surface area (Å²) in [7, 11) is 0. The lowest BCUT2D eigenvalue weighted by Crippen LogP contribution is -2.18. The monoisotopic (exact) mass is 259 g/mol. The molecule has 0 aliphatic carbocycles. The number of carbonyl (C=O) groups excluding carboxylic acids is 2. The van der Waals surface area contributed by atoms with Crippen LogP contribution in [0, 0.1) is 5.95 Å². The predicted molar refractivity (Wildman–Crippen MR) is 67.1 cm³/mol. The second-order valence-electron chi connectivity index (χ2n) is 3.73. The second-order valence-corrected chi connectivity index (χ2v) is 3.73. The molecule has 3 N–H and O–H groups in total. The van der Waals surface area contributed by atoms with E-state index in [4.69, 9.17) is 5.73 Å². The lowest BCUT2D eigenvalue weighted by Gasteiger charge is -2.08. The predicted octanol–water partition coefficient (Wildman–Crippen LogP) is 1.57. The zero-order chi connectivity index (χ0) is 13.8. The molecule has 1 heterocycles. The molecular formula is C13H10FN3O2. The van der Waals surface area contributed by atoms with Gasteiger partial charge < -0.3 is 11.1 Å². The molecule has 0 aliphatic heterocycles. The molecule has 2 aromatic rings. The number of nitrogens with two attached hydrogens (primary N) is 1. The number of nitrogens with zero attached hydrogens (tertiary/aromatic N) is 1. The summed E-state index contributed by atoms with van der Waals surface area (Å²) < 4.78 is 12.6. The summed E-state index contributed by atoms with van der Waals surface area (Å²) in [6.45, 7) is 0. The average Bonchev–Trinajstić information content (AvgIpc) is 2.39. The lowest BCUT2D eigenvalue weighted by atomic mass is 10.1. The first-order valence-electron chi connectivity index (χ1n) is 5.39. The standard InChI is InChI=1S/C13H10FN3O2/c14-11-6-5-8(7-16-11)13(19)17-10-4-2-1-3-9(10)12(15)18/h1-7H,(H2,15,18)(H,17,19). The highest BCUT2D eigenvalue weighted by atomic mass is 19.1.